The van der Waals surface area contributed by atoms with Crippen molar-refractivity contribution in [1.29, 1.82) is 0 Å². The summed E-state index contributed by atoms with van der Waals surface area (Å²) in [6.45, 7) is 1.70. The standard InChI is InChI=1S/C14H28N2O5S2/c1-11(17)12(7-10-23(4,20)21)16-8-5-14(18)13(15-2)6-9-22(3)19/h12-13,15-16H,5-10H2,1-4H3/t12-,13-,22?/m0/s1. The van der Waals surface area contributed by atoms with Gasteiger partial charge in [-0.05, 0) is 20.4 Å². The molecule has 1 unspecified atom stereocenters. The smallest absolute Gasteiger partial charge is 0.151 e. The molecule has 0 spiro atoms. The quantitative estimate of drug-likeness (QED) is 0.412. The van der Waals surface area contributed by atoms with Crippen molar-refractivity contribution < 1.29 is 22.6 Å². The lowest BCUT2D eigenvalue weighted by atomic mass is 10.1. The molecule has 9 heteroatoms. The average molecular weight is 369 g/mol. The van der Waals surface area contributed by atoms with Crippen LogP contribution in [0.5, 0.6) is 0 Å². The highest BCUT2D eigenvalue weighted by atomic mass is 32.2. The Bertz CT molecular complexity index is 480. The average Bonchev–Trinajstić information content (AvgIpc) is 2.41. The molecule has 0 heterocycles. The van der Waals surface area contributed by atoms with Gasteiger partial charge in [-0.2, -0.15) is 0 Å². The first-order chi connectivity index (χ1) is 10.6. The Morgan fingerprint density at radius 1 is 1.22 bits per heavy atom. The third kappa shape index (κ3) is 11.7. The third-order valence-corrected chi connectivity index (χ3v) is 5.25. The van der Waals surface area contributed by atoms with Crippen LogP contribution in [-0.4, -0.2) is 74.2 Å². The summed E-state index contributed by atoms with van der Waals surface area (Å²) in [5.74, 6) is 0.220. The molecule has 0 aromatic heterocycles. The zero-order valence-corrected chi connectivity index (χ0v) is 15.9. The third-order valence-electron chi connectivity index (χ3n) is 3.46. The van der Waals surface area contributed by atoms with E-state index in [-0.39, 0.29) is 36.2 Å². The number of ketones is 2. The van der Waals surface area contributed by atoms with Gasteiger partial charge in [-0.3, -0.25) is 9.59 Å². The largest absolute Gasteiger partial charge is 0.617 e. The second-order valence-electron chi connectivity index (χ2n) is 5.66. The molecule has 0 radical (unpaired) electrons. The normalized spacial score (nSPS) is 15.9. The molecule has 23 heavy (non-hydrogen) atoms. The summed E-state index contributed by atoms with van der Waals surface area (Å²) in [4.78, 5) is 23.6. The van der Waals surface area contributed by atoms with Crippen molar-refractivity contribution in [2.75, 3.05) is 37.6 Å². The molecule has 0 aliphatic carbocycles. The fourth-order valence-electron chi connectivity index (χ4n) is 2.07. The van der Waals surface area contributed by atoms with Gasteiger partial charge >= 0.3 is 0 Å². The van der Waals surface area contributed by atoms with Crippen LogP contribution in [0.15, 0.2) is 0 Å². The second-order valence-corrected chi connectivity index (χ2v) is 9.47. The van der Waals surface area contributed by atoms with E-state index in [9.17, 15) is 22.6 Å². The Morgan fingerprint density at radius 2 is 1.83 bits per heavy atom. The van der Waals surface area contributed by atoms with Gasteiger partial charge in [0, 0.05) is 25.6 Å². The fourth-order valence-corrected chi connectivity index (χ4v) is 3.31. The van der Waals surface area contributed by atoms with E-state index in [1.807, 2.05) is 0 Å². The minimum Gasteiger partial charge on any atom is -0.617 e. The van der Waals surface area contributed by atoms with Crippen molar-refractivity contribution >= 4 is 32.6 Å². The molecular weight excluding hydrogens is 340 g/mol. The van der Waals surface area contributed by atoms with Gasteiger partial charge in [0.25, 0.3) is 0 Å². The molecule has 0 aromatic carbocycles. The maximum absolute atomic E-state index is 12.1. The predicted octanol–water partition coefficient (Wildman–Crippen LogP) is -0.716. The highest BCUT2D eigenvalue weighted by Gasteiger charge is 2.20. The van der Waals surface area contributed by atoms with Crippen molar-refractivity contribution in [3.05, 3.63) is 0 Å². The number of likely N-dealkylation sites (N-methyl/N-ethyl adjacent to an activating group) is 1. The van der Waals surface area contributed by atoms with E-state index in [1.54, 1.807) is 13.3 Å². The first-order valence-corrected chi connectivity index (χ1v) is 11.3. The first kappa shape index (κ1) is 22.5. The Labute approximate surface area is 142 Å². The number of carbonyl (C=O) groups excluding carboxylic acids is 2. The van der Waals surface area contributed by atoms with Gasteiger partial charge in [0.1, 0.15) is 21.4 Å². The van der Waals surface area contributed by atoms with Crippen LogP contribution in [0.2, 0.25) is 0 Å². The van der Waals surface area contributed by atoms with E-state index in [0.29, 0.717) is 18.7 Å². The van der Waals surface area contributed by atoms with Crippen LogP contribution in [0, 0.1) is 0 Å². The van der Waals surface area contributed by atoms with E-state index in [2.05, 4.69) is 10.6 Å². The van der Waals surface area contributed by atoms with Crippen molar-refractivity contribution in [2.24, 2.45) is 0 Å². The molecule has 3 atom stereocenters. The molecule has 0 aliphatic heterocycles. The molecule has 0 fully saturated rings. The van der Waals surface area contributed by atoms with E-state index < -0.39 is 27.1 Å². The van der Waals surface area contributed by atoms with Gasteiger partial charge in [-0.15, -0.1) is 0 Å². The van der Waals surface area contributed by atoms with Gasteiger partial charge in [0.2, 0.25) is 0 Å². The number of Topliss-reactive ketones (excluding diaryl/α,β-unsaturated/α-hetero) is 2. The number of sulfone groups is 1. The lowest BCUT2D eigenvalue weighted by Crippen LogP contribution is -2.41. The van der Waals surface area contributed by atoms with E-state index >= 15 is 0 Å². The van der Waals surface area contributed by atoms with Crippen molar-refractivity contribution in [2.45, 2.75) is 38.3 Å². The predicted molar refractivity (Wildman–Crippen MR) is 92.8 cm³/mol. The van der Waals surface area contributed by atoms with E-state index in [0.717, 1.165) is 6.26 Å². The highest BCUT2D eigenvalue weighted by molar-refractivity contribution is 7.90. The molecule has 0 saturated heterocycles. The van der Waals surface area contributed by atoms with Crippen molar-refractivity contribution in [1.82, 2.24) is 10.6 Å². The molecule has 0 bridgehead atoms. The molecule has 0 aromatic rings. The zero-order chi connectivity index (χ0) is 18.0. The minimum absolute atomic E-state index is 0.0177. The van der Waals surface area contributed by atoms with E-state index in [4.69, 9.17) is 0 Å². The van der Waals surface area contributed by atoms with Crippen molar-refractivity contribution in [3.8, 4) is 0 Å². The van der Waals surface area contributed by atoms with Crippen LogP contribution >= 0.6 is 0 Å². The Hall–Kier alpha value is -0.480. The fraction of sp³-hybridized carbons (Fsp3) is 0.857. The number of rotatable bonds is 13. The molecule has 0 amide bonds. The van der Waals surface area contributed by atoms with Crippen LogP contribution < -0.4 is 10.6 Å². The van der Waals surface area contributed by atoms with Crippen LogP contribution in [0.4, 0.5) is 0 Å². The van der Waals surface area contributed by atoms with Crippen molar-refractivity contribution in [3.63, 3.8) is 0 Å². The van der Waals surface area contributed by atoms with Gasteiger partial charge in [-0.1, -0.05) is 11.2 Å². The molecule has 0 aliphatic rings. The summed E-state index contributed by atoms with van der Waals surface area (Å²) < 4.78 is 33.4. The minimum atomic E-state index is -3.12. The Morgan fingerprint density at radius 3 is 2.26 bits per heavy atom. The lowest BCUT2D eigenvalue weighted by Gasteiger charge is -2.18. The maximum atomic E-state index is 12.1. The first-order valence-electron chi connectivity index (χ1n) is 7.48. The topological polar surface area (TPSA) is 115 Å². The molecule has 2 N–H and O–H groups in total. The number of carbonyl (C=O) groups is 2. The maximum Gasteiger partial charge on any atom is 0.151 e. The summed E-state index contributed by atoms with van der Waals surface area (Å²) in [6, 6.07) is -0.916. The van der Waals surface area contributed by atoms with Gasteiger partial charge < -0.3 is 15.2 Å². The molecular formula is C14H28N2O5S2. The molecule has 7 nitrogen and oxygen atoms in total. The number of hydrogen-bond donors (Lipinski definition) is 2. The SMILES string of the molecule is CN[C@@H](CC[S+](C)[O-])C(=O)CCN[C@@H](CCS(C)(=O)=O)C(C)=O. The van der Waals surface area contributed by atoms with Crippen LogP contribution in [0.3, 0.4) is 0 Å². The van der Waals surface area contributed by atoms with Crippen LogP contribution in [-0.2, 0) is 30.6 Å². The monoisotopic (exact) mass is 368 g/mol. The summed E-state index contributed by atoms with van der Waals surface area (Å²) in [5, 5.41) is 5.85. The number of hydrogen-bond acceptors (Lipinski definition) is 7. The highest BCUT2D eigenvalue weighted by Crippen LogP contribution is 2.02. The number of nitrogens with one attached hydrogen (secondary N) is 2. The lowest BCUT2D eigenvalue weighted by molar-refractivity contribution is -0.122. The molecule has 0 saturated carbocycles. The van der Waals surface area contributed by atoms with E-state index in [1.165, 1.54) is 6.92 Å². The van der Waals surface area contributed by atoms with Gasteiger partial charge in [-0.25, -0.2) is 8.42 Å². The Kier molecular flexibility index (Phi) is 10.9. The van der Waals surface area contributed by atoms with Crippen LogP contribution in [0.1, 0.15) is 26.2 Å². The van der Waals surface area contributed by atoms with Gasteiger partial charge in [0.05, 0.1) is 24.1 Å². The summed E-state index contributed by atoms with van der Waals surface area (Å²) >= 11 is -0.944. The molecule has 0 rings (SSSR count). The van der Waals surface area contributed by atoms with Crippen LogP contribution in [0.25, 0.3) is 0 Å². The van der Waals surface area contributed by atoms with Gasteiger partial charge in [0.15, 0.2) is 5.78 Å². The Balaban J connectivity index is 4.30. The summed E-state index contributed by atoms with van der Waals surface area (Å²) in [6.07, 6.45) is 3.65. The summed E-state index contributed by atoms with van der Waals surface area (Å²) in [7, 11) is -1.45. The molecule has 136 valence electrons. The second kappa shape index (κ2) is 11.1. The zero-order valence-electron chi connectivity index (χ0n) is 14.3. The summed E-state index contributed by atoms with van der Waals surface area (Å²) in [5.41, 5.74) is 0.